The smallest absolute Gasteiger partial charge is 0.326 e. The summed E-state index contributed by atoms with van der Waals surface area (Å²) in [5.74, 6) is -5.66. The number of phenolic OH excluding ortho intramolecular Hbond substituents is 1. The number of nitrogens with two attached hydrogens (primary N) is 1. The summed E-state index contributed by atoms with van der Waals surface area (Å²) in [6, 6.07) is 1.90. The molecule has 8 N–H and O–H groups in total. The van der Waals surface area contributed by atoms with Crippen LogP contribution in [0, 0.1) is 0 Å². The summed E-state index contributed by atoms with van der Waals surface area (Å²) in [7, 11) is 0. The van der Waals surface area contributed by atoms with E-state index in [0.717, 1.165) is 0 Å². The van der Waals surface area contributed by atoms with E-state index in [1.165, 1.54) is 12.1 Å². The van der Waals surface area contributed by atoms with E-state index in [2.05, 4.69) is 10.6 Å². The highest BCUT2D eigenvalue weighted by Gasteiger charge is 2.28. The number of aromatic hydroxyl groups is 1. The Morgan fingerprint density at radius 1 is 0.806 bits per heavy atom. The van der Waals surface area contributed by atoms with Crippen molar-refractivity contribution < 1.29 is 44.4 Å². The predicted octanol–water partition coefficient (Wildman–Crippen LogP) is -0.954. The lowest BCUT2D eigenvalue weighted by Gasteiger charge is -2.22. The van der Waals surface area contributed by atoms with E-state index in [1.807, 2.05) is 0 Å². The molecule has 1 aromatic rings. The van der Waals surface area contributed by atoms with Crippen molar-refractivity contribution in [3.63, 3.8) is 0 Å². The van der Waals surface area contributed by atoms with Crippen LogP contribution in [0.1, 0.15) is 31.2 Å². The van der Waals surface area contributed by atoms with Crippen LogP contribution in [0.3, 0.4) is 0 Å². The number of hydrogen-bond donors (Lipinski definition) is 7. The number of carbonyl (C=O) groups excluding carboxylic acids is 2. The van der Waals surface area contributed by atoms with Crippen LogP contribution < -0.4 is 16.4 Å². The highest BCUT2D eigenvalue weighted by atomic mass is 16.4. The van der Waals surface area contributed by atoms with Gasteiger partial charge in [0.25, 0.3) is 0 Å². The van der Waals surface area contributed by atoms with Gasteiger partial charge >= 0.3 is 17.9 Å². The fourth-order valence-electron chi connectivity index (χ4n) is 2.59. The van der Waals surface area contributed by atoms with Crippen LogP contribution in [0.2, 0.25) is 0 Å². The maximum absolute atomic E-state index is 12.5. The molecule has 1 rings (SSSR count). The Morgan fingerprint density at radius 2 is 1.29 bits per heavy atom. The number of aliphatic carboxylic acids is 3. The highest BCUT2D eigenvalue weighted by molar-refractivity contribution is 5.92. The van der Waals surface area contributed by atoms with Gasteiger partial charge in [-0.3, -0.25) is 19.2 Å². The lowest BCUT2D eigenvalue weighted by Crippen LogP contribution is -2.54. The Labute approximate surface area is 177 Å². The number of carboxylic acids is 3. The number of carbonyl (C=O) groups is 5. The summed E-state index contributed by atoms with van der Waals surface area (Å²) in [6.45, 7) is 0. The average Bonchev–Trinajstić information content (AvgIpc) is 2.68. The number of rotatable bonds is 13. The van der Waals surface area contributed by atoms with Crippen molar-refractivity contribution >= 4 is 29.7 Å². The Morgan fingerprint density at radius 3 is 1.77 bits per heavy atom. The molecule has 3 atom stereocenters. The molecule has 0 aliphatic heterocycles. The van der Waals surface area contributed by atoms with Gasteiger partial charge in [0.1, 0.15) is 17.8 Å². The first-order chi connectivity index (χ1) is 14.5. The molecule has 12 nitrogen and oxygen atoms in total. The molecule has 2 amide bonds. The van der Waals surface area contributed by atoms with Crippen LogP contribution >= 0.6 is 0 Å². The van der Waals surface area contributed by atoms with Gasteiger partial charge in [0.05, 0.1) is 6.04 Å². The third-order valence-corrected chi connectivity index (χ3v) is 4.27. The third-order valence-electron chi connectivity index (χ3n) is 4.27. The van der Waals surface area contributed by atoms with Crippen LogP contribution in [0.5, 0.6) is 5.75 Å². The lowest BCUT2D eigenvalue weighted by molar-refractivity contribution is -0.144. The molecule has 0 saturated carbocycles. The van der Waals surface area contributed by atoms with Crippen molar-refractivity contribution in [2.45, 2.75) is 50.2 Å². The number of phenols is 1. The van der Waals surface area contributed by atoms with Crippen LogP contribution in [-0.4, -0.2) is 68.3 Å². The fraction of sp³-hybridized carbons (Fsp3) is 0.421. The van der Waals surface area contributed by atoms with Gasteiger partial charge in [0.2, 0.25) is 11.8 Å². The first-order valence-corrected chi connectivity index (χ1v) is 9.30. The van der Waals surface area contributed by atoms with Crippen LogP contribution in [0.15, 0.2) is 24.3 Å². The van der Waals surface area contributed by atoms with Crippen molar-refractivity contribution in [3.8, 4) is 5.75 Å². The molecule has 0 saturated heterocycles. The van der Waals surface area contributed by atoms with E-state index in [4.69, 9.17) is 21.1 Å². The Balaban J connectivity index is 2.82. The van der Waals surface area contributed by atoms with Crippen LogP contribution in [-0.2, 0) is 30.4 Å². The largest absolute Gasteiger partial charge is 0.508 e. The standard InChI is InChI=1S/C19H25N3O9/c20-12(9-10-1-3-11(23)4-2-10)17(28)21-13(5-7-15(24)25)18(29)22-14(19(30)31)6-8-16(26)27/h1-4,12-14,23H,5-9,20H2,(H,21,28)(H,22,29)(H,24,25)(H,26,27)(H,30,31)/t12-,13+,14-/m0/s1. The van der Waals surface area contributed by atoms with Gasteiger partial charge in [-0.25, -0.2) is 4.79 Å². The molecule has 170 valence electrons. The second-order valence-corrected chi connectivity index (χ2v) is 6.80. The van der Waals surface area contributed by atoms with Gasteiger partial charge < -0.3 is 36.8 Å². The summed E-state index contributed by atoms with van der Waals surface area (Å²) >= 11 is 0. The van der Waals surface area contributed by atoms with Gasteiger partial charge in [0, 0.05) is 12.8 Å². The fourth-order valence-corrected chi connectivity index (χ4v) is 2.59. The highest BCUT2D eigenvalue weighted by Crippen LogP contribution is 2.11. The summed E-state index contributed by atoms with van der Waals surface area (Å²) in [4.78, 5) is 57.7. The van der Waals surface area contributed by atoms with Crippen molar-refractivity contribution in [1.29, 1.82) is 0 Å². The number of nitrogens with one attached hydrogen (secondary N) is 2. The maximum Gasteiger partial charge on any atom is 0.326 e. The number of carboxylic acid groups (broad SMARTS) is 3. The van der Waals surface area contributed by atoms with Crippen LogP contribution in [0.4, 0.5) is 0 Å². The van der Waals surface area contributed by atoms with E-state index in [9.17, 15) is 29.1 Å². The Bertz CT molecular complexity index is 810. The number of amides is 2. The monoisotopic (exact) mass is 439 g/mol. The van der Waals surface area contributed by atoms with Gasteiger partial charge in [-0.1, -0.05) is 12.1 Å². The second-order valence-electron chi connectivity index (χ2n) is 6.80. The molecule has 0 radical (unpaired) electrons. The Hall–Kier alpha value is -3.67. The number of benzene rings is 1. The van der Waals surface area contributed by atoms with E-state index >= 15 is 0 Å². The zero-order valence-electron chi connectivity index (χ0n) is 16.5. The van der Waals surface area contributed by atoms with Crippen molar-refractivity contribution in [3.05, 3.63) is 29.8 Å². The quantitative estimate of drug-likeness (QED) is 0.200. The van der Waals surface area contributed by atoms with Gasteiger partial charge in [-0.15, -0.1) is 0 Å². The molecule has 0 bridgehead atoms. The molecular formula is C19H25N3O9. The van der Waals surface area contributed by atoms with E-state index in [0.29, 0.717) is 5.56 Å². The van der Waals surface area contributed by atoms with Crippen molar-refractivity contribution in [1.82, 2.24) is 10.6 Å². The first-order valence-electron chi connectivity index (χ1n) is 9.30. The van der Waals surface area contributed by atoms with E-state index in [1.54, 1.807) is 12.1 Å². The number of hydrogen-bond acceptors (Lipinski definition) is 7. The molecule has 0 fully saturated rings. The van der Waals surface area contributed by atoms with Crippen LogP contribution in [0.25, 0.3) is 0 Å². The molecule has 0 unspecified atom stereocenters. The van der Waals surface area contributed by atoms with Crippen molar-refractivity contribution in [2.24, 2.45) is 5.73 Å². The van der Waals surface area contributed by atoms with Gasteiger partial charge in [0.15, 0.2) is 0 Å². The minimum atomic E-state index is -1.53. The summed E-state index contributed by atoms with van der Waals surface area (Å²) in [6.07, 6.45) is -1.66. The predicted molar refractivity (Wildman–Crippen MR) is 105 cm³/mol. The van der Waals surface area contributed by atoms with E-state index < -0.39 is 67.1 Å². The summed E-state index contributed by atoms with van der Waals surface area (Å²) in [5.41, 5.74) is 6.47. The average molecular weight is 439 g/mol. The van der Waals surface area contributed by atoms with Gasteiger partial charge in [-0.05, 0) is 37.0 Å². The Kier molecular flexibility index (Phi) is 9.92. The minimum Gasteiger partial charge on any atom is -0.508 e. The molecule has 0 spiro atoms. The molecule has 31 heavy (non-hydrogen) atoms. The molecule has 0 heterocycles. The molecular weight excluding hydrogens is 414 g/mol. The molecule has 0 aromatic heterocycles. The van der Waals surface area contributed by atoms with Crippen molar-refractivity contribution in [2.75, 3.05) is 0 Å². The summed E-state index contributed by atoms with van der Waals surface area (Å²) < 4.78 is 0. The normalized spacial score (nSPS) is 13.5. The molecule has 1 aromatic carbocycles. The minimum absolute atomic E-state index is 0.0306. The SMILES string of the molecule is N[C@@H](Cc1ccc(O)cc1)C(=O)N[C@H](CCC(=O)O)C(=O)N[C@@H](CCC(=O)O)C(=O)O. The lowest BCUT2D eigenvalue weighted by atomic mass is 10.0. The molecule has 12 heteroatoms. The third kappa shape index (κ3) is 9.58. The maximum atomic E-state index is 12.5. The zero-order valence-corrected chi connectivity index (χ0v) is 16.5. The van der Waals surface area contributed by atoms with E-state index in [-0.39, 0.29) is 18.6 Å². The van der Waals surface area contributed by atoms with Gasteiger partial charge in [-0.2, -0.15) is 0 Å². The first kappa shape index (κ1) is 25.4. The summed E-state index contributed by atoms with van der Waals surface area (Å²) in [5, 5.41) is 40.4. The topological polar surface area (TPSA) is 216 Å². The molecule has 0 aliphatic rings. The molecule has 0 aliphatic carbocycles. The zero-order chi connectivity index (χ0) is 23.6. The second kappa shape index (κ2) is 12.1.